The summed E-state index contributed by atoms with van der Waals surface area (Å²) in [7, 11) is 0. The zero-order chi connectivity index (χ0) is 4.12. The Morgan fingerprint density at radius 1 is 1.60 bits per heavy atom. The Bertz CT molecular complexity index is 14.4. The van der Waals surface area contributed by atoms with E-state index >= 15 is 0 Å². The van der Waals surface area contributed by atoms with Gasteiger partial charge in [0.2, 0.25) is 0 Å². The van der Waals surface area contributed by atoms with Crippen molar-refractivity contribution >= 4 is 12.6 Å². The molecule has 0 aliphatic rings. The van der Waals surface area contributed by atoms with Crippen LogP contribution in [0.2, 0.25) is 0 Å². The van der Waals surface area contributed by atoms with Gasteiger partial charge in [-0.2, -0.15) is 12.6 Å². The largest absolute Gasteiger partial charge is 0.237 e. The van der Waals surface area contributed by atoms with Gasteiger partial charge in [0.1, 0.15) is 0 Å². The second kappa shape index (κ2) is 4.31. The lowest BCUT2D eigenvalue weighted by Gasteiger charge is -1.76. The number of hydrogen-bond acceptors (Lipinski definition) is 1. The van der Waals surface area contributed by atoms with Crippen molar-refractivity contribution in [2.75, 3.05) is 12.4 Å². The summed E-state index contributed by atoms with van der Waals surface area (Å²) < 4.78 is 0. The molecule has 1 radical (unpaired) electrons. The van der Waals surface area contributed by atoms with E-state index in [1.54, 1.807) is 0 Å². The van der Waals surface area contributed by atoms with Gasteiger partial charge in [-0.15, -0.1) is 0 Å². The van der Waals surface area contributed by atoms with Gasteiger partial charge in [0.15, 0.2) is 0 Å². The predicted molar refractivity (Wildman–Crippen MR) is 24.0 cm³/mol. The van der Waals surface area contributed by atoms with Gasteiger partial charge in [-0.3, -0.25) is 0 Å². The van der Waals surface area contributed by atoms with Crippen LogP contribution in [-0.2, 0) is 5.11 Å². The van der Waals surface area contributed by atoms with E-state index in [0.29, 0.717) is 6.42 Å². The second-order valence-corrected chi connectivity index (χ2v) is 1.23. The molecule has 0 aromatic rings. The summed E-state index contributed by atoms with van der Waals surface area (Å²) in [5.74, 6) is 0.726. The minimum atomic E-state index is 0.0174. The number of thiol groups is 1. The van der Waals surface area contributed by atoms with Crippen LogP contribution in [0.5, 0.6) is 0 Å². The van der Waals surface area contributed by atoms with Crippen LogP contribution in [-0.4, -0.2) is 12.4 Å². The first kappa shape index (κ1) is 5.31. The zero-order valence-electron chi connectivity index (χ0n) is 2.98. The van der Waals surface area contributed by atoms with Crippen molar-refractivity contribution in [1.82, 2.24) is 0 Å². The molecule has 2 heteroatoms. The Kier molecular flexibility index (Phi) is 4.58. The van der Waals surface area contributed by atoms with E-state index < -0.39 is 0 Å². The molecule has 0 saturated carbocycles. The molecular formula is C3H7OS. The number of hydrogen-bond donors (Lipinski definition) is 1. The van der Waals surface area contributed by atoms with Gasteiger partial charge in [-0.05, 0) is 12.2 Å². The molecule has 0 aromatic carbocycles. The van der Waals surface area contributed by atoms with Crippen molar-refractivity contribution in [3.63, 3.8) is 0 Å². The van der Waals surface area contributed by atoms with E-state index in [9.17, 15) is 5.11 Å². The third-order valence-corrected chi connectivity index (χ3v) is 0.619. The van der Waals surface area contributed by atoms with Crippen molar-refractivity contribution in [3.05, 3.63) is 0 Å². The average molecular weight is 91.2 g/mol. The predicted octanol–water partition coefficient (Wildman–Crippen LogP) is 0.737. The Balaban J connectivity index is 2.19. The smallest absolute Gasteiger partial charge is 0.0830 e. The molecule has 0 aliphatic carbocycles. The van der Waals surface area contributed by atoms with Crippen molar-refractivity contribution in [2.24, 2.45) is 0 Å². The Labute approximate surface area is 37.4 Å². The minimum Gasteiger partial charge on any atom is -0.237 e. The highest BCUT2D eigenvalue weighted by molar-refractivity contribution is 7.80. The summed E-state index contributed by atoms with van der Waals surface area (Å²) in [6.07, 6.45) is 0.698. The highest BCUT2D eigenvalue weighted by Gasteiger charge is 1.72. The lowest BCUT2D eigenvalue weighted by atomic mass is 10.5. The number of rotatable bonds is 2. The van der Waals surface area contributed by atoms with Gasteiger partial charge in [0.25, 0.3) is 0 Å². The molecule has 0 atom stereocenters. The molecule has 0 unspecified atom stereocenters. The molecule has 0 aromatic heterocycles. The van der Waals surface area contributed by atoms with Crippen LogP contribution < -0.4 is 0 Å². The zero-order valence-corrected chi connectivity index (χ0v) is 3.87. The summed E-state index contributed by atoms with van der Waals surface area (Å²) in [6.45, 7) is 0.0174. The minimum absolute atomic E-state index is 0.0174. The maximum atomic E-state index is 9.48. The van der Waals surface area contributed by atoms with Crippen LogP contribution in [0.15, 0.2) is 0 Å². The molecule has 0 N–H and O–H groups in total. The van der Waals surface area contributed by atoms with Gasteiger partial charge < -0.3 is 0 Å². The fourth-order valence-corrected chi connectivity index (χ4v) is 0.194. The highest BCUT2D eigenvalue weighted by Crippen LogP contribution is 1.77. The van der Waals surface area contributed by atoms with Crippen molar-refractivity contribution in [1.29, 1.82) is 0 Å². The Morgan fingerprint density at radius 3 is 2.20 bits per heavy atom. The molecule has 0 spiro atoms. The van der Waals surface area contributed by atoms with Gasteiger partial charge in [-0.25, -0.2) is 5.11 Å². The van der Waals surface area contributed by atoms with Gasteiger partial charge in [-0.1, -0.05) is 0 Å². The molecular weight excluding hydrogens is 84.1 g/mol. The van der Waals surface area contributed by atoms with Crippen molar-refractivity contribution < 1.29 is 5.11 Å². The van der Waals surface area contributed by atoms with Crippen LogP contribution >= 0.6 is 12.6 Å². The summed E-state index contributed by atoms with van der Waals surface area (Å²) >= 11 is 3.80. The fraction of sp³-hybridized carbons (Fsp3) is 1.00. The first-order valence-electron chi connectivity index (χ1n) is 1.60. The molecule has 0 aliphatic heterocycles. The SMILES string of the molecule is [O]CCCS. The van der Waals surface area contributed by atoms with Crippen LogP contribution in [0.4, 0.5) is 0 Å². The summed E-state index contributed by atoms with van der Waals surface area (Å²) in [6, 6.07) is 0. The van der Waals surface area contributed by atoms with Crippen LogP contribution in [0, 0.1) is 0 Å². The Morgan fingerprint density at radius 2 is 2.20 bits per heavy atom. The van der Waals surface area contributed by atoms with Gasteiger partial charge in [0, 0.05) is 0 Å². The molecule has 31 valence electrons. The van der Waals surface area contributed by atoms with Crippen LogP contribution in [0.1, 0.15) is 6.42 Å². The van der Waals surface area contributed by atoms with Crippen molar-refractivity contribution in [3.8, 4) is 0 Å². The third kappa shape index (κ3) is 4.31. The van der Waals surface area contributed by atoms with Crippen LogP contribution in [0.3, 0.4) is 0 Å². The third-order valence-electron chi connectivity index (χ3n) is 0.302. The molecule has 0 fully saturated rings. The lowest BCUT2D eigenvalue weighted by Crippen LogP contribution is -1.77. The highest BCUT2D eigenvalue weighted by atomic mass is 32.1. The topological polar surface area (TPSA) is 19.9 Å². The standard InChI is InChI=1S/C3H7OS/c4-2-1-3-5/h5H,1-3H2. The van der Waals surface area contributed by atoms with E-state index in [1.165, 1.54) is 0 Å². The van der Waals surface area contributed by atoms with Gasteiger partial charge in [0.05, 0.1) is 6.61 Å². The maximum absolute atomic E-state index is 9.48. The maximum Gasteiger partial charge on any atom is 0.0830 e. The van der Waals surface area contributed by atoms with E-state index in [4.69, 9.17) is 0 Å². The lowest BCUT2D eigenvalue weighted by molar-refractivity contribution is 0.195. The van der Waals surface area contributed by atoms with Gasteiger partial charge >= 0.3 is 0 Å². The summed E-state index contributed by atoms with van der Waals surface area (Å²) in [5.41, 5.74) is 0. The second-order valence-electron chi connectivity index (χ2n) is 0.781. The van der Waals surface area contributed by atoms with E-state index in [2.05, 4.69) is 12.6 Å². The first-order chi connectivity index (χ1) is 2.41. The van der Waals surface area contributed by atoms with E-state index in [0.717, 1.165) is 5.75 Å². The molecule has 0 bridgehead atoms. The fourth-order valence-electron chi connectivity index (χ4n) is 0.0645. The van der Waals surface area contributed by atoms with E-state index in [1.807, 2.05) is 0 Å². The van der Waals surface area contributed by atoms with Crippen LogP contribution in [0.25, 0.3) is 0 Å². The Hall–Kier alpha value is 0.310. The molecule has 1 nitrogen and oxygen atoms in total. The summed E-state index contributed by atoms with van der Waals surface area (Å²) in [4.78, 5) is 0. The molecule has 0 heterocycles. The summed E-state index contributed by atoms with van der Waals surface area (Å²) in [5, 5.41) is 9.48. The molecule has 0 amide bonds. The molecule has 5 heavy (non-hydrogen) atoms. The van der Waals surface area contributed by atoms with E-state index in [-0.39, 0.29) is 6.61 Å². The molecule has 0 rings (SSSR count). The quantitative estimate of drug-likeness (QED) is 0.484. The molecule has 0 saturated heterocycles. The monoisotopic (exact) mass is 91.0 g/mol. The van der Waals surface area contributed by atoms with Crippen molar-refractivity contribution in [2.45, 2.75) is 6.42 Å². The average Bonchev–Trinajstić information content (AvgIpc) is 1.41. The normalized spacial score (nSPS) is 8.40. The first-order valence-corrected chi connectivity index (χ1v) is 2.24.